The molecule has 0 aliphatic heterocycles. The zero-order valence-corrected chi connectivity index (χ0v) is 15.4. The van der Waals surface area contributed by atoms with Crippen molar-refractivity contribution in [2.45, 2.75) is 11.8 Å². The van der Waals surface area contributed by atoms with E-state index in [0.29, 0.717) is 22.2 Å². The Balaban J connectivity index is 1.55. The molecule has 27 heavy (non-hydrogen) atoms. The molecule has 0 saturated heterocycles. The molecule has 1 N–H and O–H groups in total. The fourth-order valence-electron chi connectivity index (χ4n) is 2.27. The van der Waals surface area contributed by atoms with E-state index in [4.69, 9.17) is 10.00 Å². The number of ether oxygens (including phenoxy) is 1. The number of aromatic nitrogens is 3. The lowest BCUT2D eigenvalue weighted by Gasteiger charge is -2.07. The maximum absolute atomic E-state index is 12.2. The molecule has 0 fully saturated rings. The predicted octanol–water partition coefficient (Wildman–Crippen LogP) is 3.00. The first-order valence-corrected chi connectivity index (χ1v) is 9.14. The van der Waals surface area contributed by atoms with Gasteiger partial charge >= 0.3 is 0 Å². The monoisotopic (exact) mass is 379 g/mol. The highest BCUT2D eigenvalue weighted by Crippen LogP contribution is 2.19. The van der Waals surface area contributed by atoms with Crippen molar-refractivity contribution in [2.24, 2.45) is 7.05 Å². The van der Waals surface area contributed by atoms with Gasteiger partial charge in [-0.05, 0) is 24.3 Å². The van der Waals surface area contributed by atoms with Crippen LogP contribution < -0.4 is 10.1 Å². The molecule has 1 amide bonds. The first kappa shape index (κ1) is 18.5. The Morgan fingerprint density at radius 1 is 1.19 bits per heavy atom. The summed E-state index contributed by atoms with van der Waals surface area (Å²) >= 11 is 1.27. The zero-order valence-electron chi connectivity index (χ0n) is 14.6. The van der Waals surface area contributed by atoms with E-state index in [0.717, 1.165) is 5.75 Å². The van der Waals surface area contributed by atoms with Crippen LogP contribution in [0.5, 0.6) is 5.75 Å². The van der Waals surface area contributed by atoms with E-state index < -0.39 is 0 Å². The number of rotatable bonds is 7. The SMILES string of the molecule is Cn1c(COc2ccccc2)nnc1SCC(=O)Nc1ccccc1C#N. The molecule has 3 rings (SSSR count). The summed E-state index contributed by atoms with van der Waals surface area (Å²) in [5, 5.41) is 20.6. The second-order valence-electron chi connectivity index (χ2n) is 5.55. The van der Waals surface area contributed by atoms with Gasteiger partial charge in [-0.2, -0.15) is 5.26 Å². The number of nitrogens with zero attached hydrogens (tertiary/aromatic N) is 4. The quantitative estimate of drug-likeness (QED) is 0.635. The largest absolute Gasteiger partial charge is 0.486 e. The van der Waals surface area contributed by atoms with Gasteiger partial charge in [0.1, 0.15) is 18.4 Å². The molecule has 0 aliphatic carbocycles. The number of hydrogen-bond donors (Lipinski definition) is 1. The van der Waals surface area contributed by atoms with Crippen LogP contribution in [-0.4, -0.2) is 26.4 Å². The van der Waals surface area contributed by atoms with Gasteiger partial charge in [0.2, 0.25) is 5.91 Å². The Morgan fingerprint density at radius 2 is 1.93 bits per heavy atom. The van der Waals surface area contributed by atoms with Crippen molar-refractivity contribution < 1.29 is 9.53 Å². The van der Waals surface area contributed by atoms with Crippen LogP contribution >= 0.6 is 11.8 Å². The number of benzene rings is 2. The van der Waals surface area contributed by atoms with E-state index in [-0.39, 0.29) is 18.3 Å². The Kier molecular flexibility index (Phi) is 6.07. The molecule has 8 heteroatoms. The summed E-state index contributed by atoms with van der Waals surface area (Å²) in [6.45, 7) is 0.288. The van der Waals surface area contributed by atoms with Gasteiger partial charge in [0.05, 0.1) is 17.0 Å². The molecule has 7 nitrogen and oxygen atoms in total. The fourth-order valence-corrected chi connectivity index (χ4v) is 3.00. The number of para-hydroxylation sites is 2. The van der Waals surface area contributed by atoms with E-state index in [9.17, 15) is 4.79 Å². The van der Waals surface area contributed by atoms with Crippen molar-refractivity contribution in [2.75, 3.05) is 11.1 Å². The molecular weight excluding hydrogens is 362 g/mol. The summed E-state index contributed by atoms with van der Waals surface area (Å²) in [7, 11) is 1.83. The Labute approximate surface area is 161 Å². The smallest absolute Gasteiger partial charge is 0.234 e. The van der Waals surface area contributed by atoms with Gasteiger partial charge in [0, 0.05) is 7.05 Å². The Morgan fingerprint density at radius 3 is 2.70 bits per heavy atom. The lowest BCUT2D eigenvalue weighted by molar-refractivity contribution is -0.113. The van der Waals surface area contributed by atoms with Gasteiger partial charge in [0.25, 0.3) is 0 Å². The van der Waals surface area contributed by atoms with Crippen molar-refractivity contribution in [3.05, 3.63) is 66.0 Å². The minimum Gasteiger partial charge on any atom is -0.486 e. The highest BCUT2D eigenvalue weighted by atomic mass is 32.2. The second kappa shape index (κ2) is 8.87. The summed E-state index contributed by atoms with van der Waals surface area (Å²) in [4.78, 5) is 12.2. The van der Waals surface area contributed by atoms with Gasteiger partial charge in [-0.1, -0.05) is 42.1 Å². The van der Waals surface area contributed by atoms with Crippen molar-refractivity contribution >= 4 is 23.4 Å². The molecule has 0 radical (unpaired) electrons. The van der Waals surface area contributed by atoms with Gasteiger partial charge in [-0.15, -0.1) is 10.2 Å². The number of nitrogens with one attached hydrogen (secondary N) is 1. The molecule has 1 heterocycles. The third kappa shape index (κ3) is 4.86. The number of thioether (sulfide) groups is 1. The zero-order chi connectivity index (χ0) is 19.1. The molecule has 0 unspecified atom stereocenters. The minimum absolute atomic E-state index is 0.158. The summed E-state index contributed by atoms with van der Waals surface area (Å²) in [6, 6.07) is 18.4. The molecule has 1 aromatic heterocycles. The van der Waals surface area contributed by atoms with Crippen molar-refractivity contribution in [3.8, 4) is 11.8 Å². The van der Waals surface area contributed by atoms with E-state index in [1.807, 2.05) is 37.4 Å². The third-order valence-electron chi connectivity index (χ3n) is 3.69. The fraction of sp³-hybridized carbons (Fsp3) is 0.158. The standard InChI is InChI=1S/C19H17N5O2S/c1-24-17(12-26-15-8-3-2-4-9-15)22-23-19(24)27-13-18(25)21-16-10-6-5-7-14(16)11-20/h2-10H,12-13H2,1H3,(H,21,25). The number of hydrogen-bond acceptors (Lipinski definition) is 6. The van der Waals surface area contributed by atoms with Crippen LogP contribution in [-0.2, 0) is 18.4 Å². The molecule has 0 bridgehead atoms. The summed E-state index contributed by atoms with van der Waals surface area (Å²) in [5.41, 5.74) is 0.926. The normalized spacial score (nSPS) is 10.2. The summed E-state index contributed by atoms with van der Waals surface area (Å²) < 4.78 is 7.47. The van der Waals surface area contributed by atoms with Gasteiger partial charge in [-0.3, -0.25) is 4.79 Å². The molecule has 3 aromatic rings. The van der Waals surface area contributed by atoms with Crippen molar-refractivity contribution in [1.82, 2.24) is 14.8 Å². The topological polar surface area (TPSA) is 92.8 Å². The number of anilines is 1. The number of amides is 1. The molecule has 2 aromatic carbocycles. The number of carbonyl (C=O) groups excluding carboxylic acids is 1. The molecule has 0 saturated carbocycles. The van der Waals surface area contributed by atoms with Crippen molar-refractivity contribution in [3.63, 3.8) is 0 Å². The van der Waals surface area contributed by atoms with Gasteiger partial charge < -0.3 is 14.6 Å². The second-order valence-corrected chi connectivity index (χ2v) is 6.50. The third-order valence-corrected chi connectivity index (χ3v) is 4.71. The maximum atomic E-state index is 12.2. The van der Waals surface area contributed by atoms with Crippen LogP contribution in [0.4, 0.5) is 5.69 Å². The molecule has 0 atom stereocenters. The molecule has 0 spiro atoms. The van der Waals surface area contributed by atoms with E-state index in [1.165, 1.54) is 11.8 Å². The van der Waals surface area contributed by atoms with Gasteiger partial charge in [-0.25, -0.2) is 0 Å². The molecule has 136 valence electrons. The van der Waals surface area contributed by atoms with Crippen LogP contribution in [0.3, 0.4) is 0 Å². The summed E-state index contributed by atoms with van der Waals surface area (Å²) in [6.07, 6.45) is 0. The highest BCUT2D eigenvalue weighted by Gasteiger charge is 2.13. The van der Waals surface area contributed by atoms with Crippen LogP contribution in [0, 0.1) is 11.3 Å². The average Bonchev–Trinajstić information content (AvgIpc) is 3.05. The molecule has 0 aliphatic rings. The van der Waals surface area contributed by atoms with Crippen LogP contribution in [0.15, 0.2) is 59.8 Å². The summed E-state index contributed by atoms with van der Waals surface area (Å²) in [5.74, 6) is 1.36. The number of carbonyl (C=O) groups is 1. The van der Waals surface area contributed by atoms with E-state index >= 15 is 0 Å². The van der Waals surface area contributed by atoms with Crippen molar-refractivity contribution in [1.29, 1.82) is 5.26 Å². The first-order chi connectivity index (χ1) is 13.2. The molecular formula is C19H17N5O2S. The Bertz CT molecular complexity index is 966. The van der Waals surface area contributed by atoms with Crippen LogP contribution in [0.2, 0.25) is 0 Å². The predicted molar refractivity (Wildman–Crippen MR) is 102 cm³/mol. The first-order valence-electron chi connectivity index (χ1n) is 8.15. The average molecular weight is 379 g/mol. The van der Waals surface area contributed by atoms with Crippen LogP contribution in [0.25, 0.3) is 0 Å². The van der Waals surface area contributed by atoms with Crippen LogP contribution in [0.1, 0.15) is 11.4 Å². The van der Waals surface area contributed by atoms with E-state index in [1.54, 1.807) is 28.8 Å². The minimum atomic E-state index is -0.215. The highest BCUT2D eigenvalue weighted by molar-refractivity contribution is 7.99. The Hall–Kier alpha value is -3.31. The van der Waals surface area contributed by atoms with Gasteiger partial charge in [0.15, 0.2) is 11.0 Å². The maximum Gasteiger partial charge on any atom is 0.234 e. The van der Waals surface area contributed by atoms with E-state index in [2.05, 4.69) is 21.6 Å². The lowest BCUT2D eigenvalue weighted by Crippen LogP contribution is -2.15. The lowest BCUT2D eigenvalue weighted by atomic mass is 10.2. The number of nitriles is 1.